The summed E-state index contributed by atoms with van der Waals surface area (Å²) in [5.41, 5.74) is 1.16. The van der Waals surface area contributed by atoms with Gasteiger partial charge in [-0.15, -0.1) is 0 Å². The minimum absolute atomic E-state index is 0.128. The van der Waals surface area contributed by atoms with Crippen LogP contribution in [0.2, 0.25) is 0 Å². The van der Waals surface area contributed by atoms with E-state index in [9.17, 15) is 5.11 Å². The van der Waals surface area contributed by atoms with Crippen LogP contribution in [0.25, 0.3) is 0 Å². The molecule has 4 heteroatoms. The standard InChI is InChI=1S/C12H16BrNO2/c13-11-2-1-10(16)5-9(11)6-14-7-12(8-15)3-4-12/h1-2,5,14-16H,3-4,6-8H2. The molecule has 0 unspecified atom stereocenters. The summed E-state index contributed by atoms with van der Waals surface area (Å²) in [6.45, 7) is 1.81. The van der Waals surface area contributed by atoms with Gasteiger partial charge in [0, 0.05) is 29.6 Å². The average molecular weight is 286 g/mol. The highest BCUT2D eigenvalue weighted by atomic mass is 79.9. The number of benzene rings is 1. The second-order valence-corrected chi connectivity index (χ2v) is 5.39. The van der Waals surface area contributed by atoms with E-state index in [1.54, 1.807) is 12.1 Å². The highest BCUT2D eigenvalue weighted by Gasteiger charge is 2.41. The summed E-state index contributed by atoms with van der Waals surface area (Å²) in [5, 5.41) is 21.9. The quantitative estimate of drug-likeness (QED) is 0.776. The zero-order chi connectivity index (χ0) is 11.6. The van der Waals surface area contributed by atoms with Crippen LogP contribution in [-0.4, -0.2) is 23.4 Å². The van der Waals surface area contributed by atoms with E-state index in [4.69, 9.17) is 5.11 Å². The highest BCUT2D eigenvalue weighted by Crippen LogP contribution is 2.44. The van der Waals surface area contributed by atoms with Crippen molar-refractivity contribution < 1.29 is 10.2 Å². The van der Waals surface area contributed by atoms with Crippen molar-refractivity contribution in [2.45, 2.75) is 19.4 Å². The van der Waals surface area contributed by atoms with Gasteiger partial charge in [0.25, 0.3) is 0 Å². The molecule has 0 spiro atoms. The Balaban J connectivity index is 1.87. The van der Waals surface area contributed by atoms with Gasteiger partial charge < -0.3 is 15.5 Å². The third-order valence-electron chi connectivity index (χ3n) is 3.14. The molecule has 0 heterocycles. The fraction of sp³-hybridized carbons (Fsp3) is 0.500. The maximum atomic E-state index is 9.37. The predicted octanol–water partition coefficient (Wildman–Crippen LogP) is 2.02. The van der Waals surface area contributed by atoms with E-state index >= 15 is 0 Å². The maximum Gasteiger partial charge on any atom is 0.115 e. The summed E-state index contributed by atoms with van der Waals surface area (Å²) in [6, 6.07) is 5.24. The molecule has 1 fully saturated rings. The van der Waals surface area contributed by atoms with Crippen LogP contribution in [0.3, 0.4) is 0 Å². The Morgan fingerprint density at radius 1 is 1.38 bits per heavy atom. The molecule has 1 aromatic carbocycles. The molecule has 1 aromatic rings. The lowest BCUT2D eigenvalue weighted by atomic mass is 10.1. The molecule has 2 rings (SSSR count). The molecule has 0 saturated heterocycles. The molecule has 0 aromatic heterocycles. The average Bonchev–Trinajstić information content (AvgIpc) is 3.04. The first-order valence-corrected chi connectivity index (χ1v) is 6.23. The lowest BCUT2D eigenvalue weighted by molar-refractivity contribution is 0.207. The molecular weight excluding hydrogens is 270 g/mol. The predicted molar refractivity (Wildman–Crippen MR) is 66.3 cm³/mol. The van der Waals surface area contributed by atoms with Gasteiger partial charge >= 0.3 is 0 Å². The lowest BCUT2D eigenvalue weighted by Gasteiger charge is -2.13. The normalized spacial score (nSPS) is 17.4. The van der Waals surface area contributed by atoms with Crippen LogP contribution in [0.1, 0.15) is 18.4 Å². The Bertz CT molecular complexity index is 377. The molecule has 0 atom stereocenters. The van der Waals surface area contributed by atoms with E-state index in [1.165, 1.54) is 0 Å². The van der Waals surface area contributed by atoms with Crippen LogP contribution in [0, 0.1) is 5.41 Å². The van der Waals surface area contributed by atoms with Crippen molar-refractivity contribution in [1.29, 1.82) is 0 Å². The first kappa shape index (κ1) is 11.9. The monoisotopic (exact) mass is 285 g/mol. The molecule has 1 aliphatic rings. The van der Waals surface area contributed by atoms with Crippen LogP contribution in [0.5, 0.6) is 5.75 Å². The zero-order valence-corrected chi connectivity index (χ0v) is 10.6. The van der Waals surface area contributed by atoms with Gasteiger partial charge in [-0.3, -0.25) is 0 Å². The fourth-order valence-corrected chi connectivity index (χ4v) is 2.11. The van der Waals surface area contributed by atoms with E-state index in [2.05, 4.69) is 21.2 Å². The van der Waals surface area contributed by atoms with Crippen LogP contribution in [-0.2, 0) is 6.54 Å². The third kappa shape index (κ3) is 2.75. The van der Waals surface area contributed by atoms with Crippen molar-refractivity contribution in [3.05, 3.63) is 28.2 Å². The molecule has 0 radical (unpaired) electrons. The third-order valence-corrected chi connectivity index (χ3v) is 3.91. The second-order valence-electron chi connectivity index (χ2n) is 4.54. The van der Waals surface area contributed by atoms with E-state index in [0.29, 0.717) is 6.54 Å². The van der Waals surface area contributed by atoms with Gasteiger partial charge in [0.2, 0.25) is 0 Å². The number of hydrogen-bond acceptors (Lipinski definition) is 3. The Kier molecular flexibility index (Phi) is 3.52. The summed E-state index contributed by atoms with van der Waals surface area (Å²) in [5.74, 6) is 0.281. The maximum absolute atomic E-state index is 9.37. The summed E-state index contributed by atoms with van der Waals surface area (Å²) < 4.78 is 0.992. The smallest absolute Gasteiger partial charge is 0.115 e. The molecule has 3 nitrogen and oxygen atoms in total. The second kappa shape index (κ2) is 4.73. The Labute approximate surface area is 104 Å². The summed E-state index contributed by atoms with van der Waals surface area (Å²) in [6.07, 6.45) is 2.22. The Morgan fingerprint density at radius 3 is 2.75 bits per heavy atom. The lowest BCUT2D eigenvalue weighted by Crippen LogP contribution is -2.26. The molecule has 1 saturated carbocycles. The summed E-state index contributed by atoms with van der Waals surface area (Å²) in [7, 11) is 0. The SMILES string of the molecule is OCC1(CNCc2cc(O)ccc2Br)CC1. The van der Waals surface area contributed by atoms with E-state index < -0.39 is 0 Å². The number of aliphatic hydroxyl groups is 1. The van der Waals surface area contributed by atoms with Crippen molar-refractivity contribution in [3.8, 4) is 5.75 Å². The first-order chi connectivity index (χ1) is 7.65. The van der Waals surface area contributed by atoms with Gasteiger partial charge in [0.05, 0.1) is 0 Å². The highest BCUT2D eigenvalue weighted by molar-refractivity contribution is 9.10. The minimum atomic E-state index is 0.128. The van der Waals surface area contributed by atoms with Crippen molar-refractivity contribution in [3.63, 3.8) is 0 Å². The van der Waals surface area contributed by atoms with Crippen LogP contribution in [0.4, 0.5) is 0 Å². The van der Waals surface area contributed by atoms with Crippen molar-refractivity contribution in [2.24, 2.45) is 5.41 Å². The number of rotatable bonds is 5. The molecule has 0 amide bonds. The fourth-order valence-electron chi connectivity index (χ4n) is 1.73. The topological polar surface area (TPSA) is 52.5 Å². The molecule has 1 aliphatic carbocycles. The number of halogens is 1. The van der Waals surface area contributed by atoms with Crippen LogP contribution in [0.15, 0.2) is 22.7 Å². The number of aromatic hydroxyl groups is 1. The molecule has 88 valence electrons. The molecule has 16 heavy (non-hydrogen) atoms. The van der Waals surface area contributed by atoms with Gasteiger partial charge in [-0.2, -0.15) is 0 Å². The Morgan fingerprint density at radius 2 is 2.12 bits per heavy atom. The van der Waals surface area contributed by atoms with E-state index in [1.807, 2.05) is 6.07 Å². The van der Waals surface area contributed by atoms with Crippen LogP contribution >= 0.6 is 15.9 Å². The number of phenolic OH excluding ortho intramolecular Hbond substituents is 1. The van der Waals surface area contributed by atoms with Crippen molar-refractivity contribution >= 4 is 15.9 Å². The van der Waals surface area contributed by atoms with Gasteiger partial charge in [-0.25, -0.2) is 0 Å². The summed E-state index contributed by atoms with van der Waals surface area (Å²) >= 11 is 3.44. The van der Waals surface area contributed by atoms with Gasteiger partial charge in [0.1, 0.15) is 5.75 Å². The molecule has 0 bridgehead atoms. The van der Waals surface area contributed by atoms with Crippen molar-refractivity contribution in [2.75, 3.05) is 13.2 Å². The van der Waals surface area contributed by atoms with Gasteiger partial charge in [0.15, 0.2) is 0 Å². The van der Waals surface area contributed by atoms with Crippen molar-refractivity contribution in [1.82, 2.24) is 5.32 Å². The van der Waals surface area contributed by atoms with Gasteiger partial charge in [-0.05, 0) is 36.6 Å². The zero-order valence-electron chi connectivity index (χ0n) is 9.04. The number of hydrogen-bond donors (Lipinski definition) is 3. The Hall–Kier alpha value is -0.580. The minimum Gasteiger partial charge on any atom is -0.508 e. The number of phenols is 1. The number of nitrogens with one attached hydrogen (secondary N) is 1. The first-order valence-electron chi connectivity index (χ1n) is 5.44. The van der Waals surface area contributed by atoms with E-state index in [0.717, 1.165) is 29.4 Å². The van der Waals surface area contributed by atoms with Crippen LogP contribution < -0.4 is 5.32 Å². The largest absolute Gasteiger partial charge is 0.508 e. The molecule has 0 aliphatic heterocycles. The van der Waals surface area contributed by atoms with Gasteiger partial charge in [-0.1, -0.05) is 15.9 Å². The molecular formula is C12H16BrNO2. The van der Waals surface area contributed by atoms with E-state index in [-0.39, 0.29) is 17.8 Å². The molecule has 3 N–H and O–H groups in total. The number of aliphatic hydroxyl groups excluding tert-OH is 1. The summed E-state index contributed by atoms with van der Waals surface area (Å²) in [4.78, 5) is 0.